The molecule has 4 aliphatic heterocycles. The Morgan fingerprint density at radius 1 is 0.830 bits per heavy atom. The fourth-order valence-electron chi connectivity index (χ4n) is 6.53. The Bertz CT molecular complexity index is 1610. The zero-order chi connectivity index (χ0) is 37.7. The summed E-state index contributed by atoms with van der Waals surface area (Å²) in [7, 11) is 0. The molecule has 6 rings (SSSR count). The molecule has 4 heterocycles. The Hall–Kier alpha value is -3.87. The van der Waals surface area contributed by atoms with Crippen LogP contribution in [-0.4, -0.2) is 109 Å². The second kappa shape index (κ2) is 17.1. The number of fused-ring (bicyclic) bond motifs is 2. The minimum atomic E-state index is -1.92. The van der Waals surface area contributed by atoms with E-state index in [2.05, 4.69) is 6.58 Å². The van der Waals surface area contributed by atoms with Crippen molar-refractivity contribution in [2.45, 2.75) is 99.7 Å². The third-order valence-corrected chi connectivity index (χ3v) is 10.0. The molecule has 12 atom stereocenters. The third kappa shape index (κ3) is 9.27. The third-order valence-electron chi connectivity index (χ3n) is 8.66. The molecule has 0 amide bonds. The summed E-state index contributed by atoms with van der Waals surface area (Å²) in [6.45, 7) is 8.81. The summed E-state index contributed by atoms with van der Waals surface area (Å²) in [5.41, 5.74) is 0.138. The fourth-order valence-corrected chi connectivity index (χ4v) is 7.98. The van der Waals surface area contributed by atoms with Gasteiger partial charge in [-0.1, -0.05) is 54.6 Å². The molecule has 2 aromatic rings. The van der Waals surface area contributed by atoms with Crippen LogP contribution in [0.2, 0.25) is 0 Å². The van der Waals surface area contributed by atoms with E-state index in [1.165, 1.54) is 33.8 Å². The lowest BCUT2D eigenvalue weighted by atomic mass is 9.97. The Kier molecular flexibility index (Phi) is 12.5. The van der Waals surface area contributed by atoms with Gasteiger partial charge in [0.25, 0.3) is 5.97 Å². The van der Waals surface area contributed by atoms with Crippen LogP contribution in [-0.2, 0) is 66.5 Å². The summed E-state index contributed by atoms with van der Waals surface area (Å²) < 4.78 is 67.0. The topological polar surface area (TPSA) is 170 Å². The number of thioether (sulfide) groups is 1. The first-order valence-electron chi connectivity index (χ1n) is 17.1. The molecule has 53 heavy (non-hydrogen) atoms. The van der Waals surface area contributed by atoms with Crippen molar-refractivity contribution in [2.24, 2.45) is 0 Å². The van der Waals surface area contributed by atoms with Gasteiger partial charge in [-0.25, -0.2) is 4.79 Å². The summed E-state index contributed by atoms with van der Waals surface area (Å²) >= 11 is 1.15. The van der Waals surface area contributed by atoms with Crippen molar-refractivity contribution in [1.29, 1.82) is 0 Å². The molecule has 4 saturated heterocycles. The van der Waals surface area contributed by atoms with Gasteiger partial charge in [0.2, 0.25) is 0 Å². The first-order valence-corrected chi connectivity index (χ1v) is 18.0. The highest BCUT2D eigenvalue weighted by atomic mass is 32.2. The molecular weight excluding hydrogens is 716 g/mol. The van der Waals surface area contributed by atoms with E-state index in [4.69, 9.17) is 52.1 Å². The van der Waals surface area contributed by atoms with E-state index in [1.54, 1.807) is 30.3 Å². The standard InChI is InChI=1S/C37H42O15S/c1-6-17-42-35-31(50-37(5)51-32-30(46-22(4)40)28(45-21(3)39)26(19-43-20(2)38)53-36(32)52-37)29(48-33(41)23-13-9-7-10-14-23)27-25(47-35)18-44-34(49-27)24-15-11-8-12-16-24/h6-16,25-32,34-36H,1,17-19H2,2-5H3/t25-,26-,27-,28-,29+,30+,31-,32-,34-,35+,36+,37+/m1/s1. The number of hydrogen-bond acceptors (Lipinski definition) is 16. The molecular formula is C37H42O15S. The minimum Gasteiger partial charge on any atom is -0.465 e. The lowest BCUT2D eigenvalue weighted by molar-refractivity contribution is -0.416. The normalized spacial score (nSPS) is 34.8. The first kappa shape index (κ1) is 38.8. The van der Waals surface area contributed by atoms with Crippen LogP contribution in [0.25, 0.3) is 0 Å². The molecule has 0 radical (unpaired) electrons. The highest BCUT2D eigenvalue weighted by molar-refractivity contribution is 8.00. The Balaban J connectivity index is 1.33. The SMILES string of the molecule is C=CCO[C@H]1O[C@@H]2CO[C@@H](c3ccccc3)O[C@H]2[C@H](OC(=O)c2ccccc2)[C@H]1O[C@@]1(C)O[C@@H]2[C@@H](OC(C)=O)[C@H](OC(C)=O)[C@@H](COC(C)=O)S[C@@H]2O1. The van der Waals surface area contributed by atoms with Crippen molar-refractivity contribution in [3.05, 3.63) is 84.4 Å². The van der Waals surface area contributed by atoms with E-state index in [0.717, 1.165) is 17.3 Å². The van der Waals surface area contributed by atoms with E-state index in [0.29, 0.717) is 0 Å². The maximum absolute atomic E-state index is 13.7. The second-order valence-corrected chi connectivity index (χ2v) is 14.1. The molecule has 0 N–H and O–H groups in total. The molecule has 0 aliphatic carbocycles. The van der Waals surface area contributed by atoms with Crippen molar-refractivity contribution < 1.29 is 71.3 Å². The van der Waals surface area contributed by atoms with Gasteiger partial charge >= 0.3 is 23.9 Å². The van der Waals surface area contributed by atoms with Crippen LogP contribution in [0, 0.1) is 0 Å². The van der Waals surface area contributed by atoms with E-state index in [9.17, 15) is 19.2 Å². The fraction of sp³-hybridized carbons (Fsp3) is 0.514. The number of carbonyl (C=O) groups excluding carboxylic acids is 4. The van der Waals surface area contributed by atoms with Gasteiger partial charge in [-0.15, -0.1) is 18.3 Å². The highest BCUT2D eigenvalue weighted by Crippen LogP contribution is 2.48. The summed E-state index contributed by atoms with van der Waals surface area (Å²) in [4.78, 5) is 50.0. The summed E-state index contributed by atoms with van der Waals surface area (Å²) in [5.74, 6) is -4.47. The number of hydrogen-bond donors (Lipinski definition) is 0. The Morgan fingerprint density at radius 3 is 2.15 bits per heavy atom. The molecule has 15 nitrogen and oxygen atoms in total. The molecule has 286 valence electrons. The molecule has 4 aliphatic rings. The molecule has 0 saturated carbocycles. The van der Waals surface area contributed by atoms with Gasteiger partial charge in [-0.05, 0) is 12.1 Å². The quantitative estimate of drug-likeness (QED) is 0.175. The summed E-state index contributed by atoms with van der Waals surface area (Å²) in [5, 5.41) is -0.716. The second-order valence-electron chi connectivity index (χ2n) is 12.7. The molecule has 0 unspecified atom stereocenters. The lowest BCUT2D eigenvalue weighted by Gasteiger charge is -2.49. The van der Waals surface area contributed by atoms with Crippen molar-refractivity contribution in [1.82, 2.24) is 0 Å². The van der Waals surface area contributed by atoms with Crippen molar-refractivity contribution in [3.63, 3.8) is 0 Å². The van der Waals surface area contributed by atoms with Gasteiger partial charge in [0, 0.05) is 33.3 Å². The number of esters is 4. The number of carbonyl (C=O) groups is 4. The van der Waals surface area contributed by atoms with Crippen LogP contribution in [0.1, 0.15) is 49.9 Å². The van der Waals surface area contributed by atoms with Crippen LogP contribution >= 0.6 is 11.8 Å². The monoisotopic (exact) mass is 758 g/mol. The van der Waals surface area contributed by atoms with Crippen LogP contribution < -0.4 is 0 Å². The van der Waals surface area contributed by atoms with Gasteiger partial charge in [0.15, 0.2) is 37.0 Å². The van der Waals surface area contributed by atoms with Crippen LogP contribution in [0.15, 0.2) is 73.3 Å². The zero-order valence-corrected chi connectivity index (χ0v) is 30.4. The van der Waals surface area contributed by atoms with Crippen LogP contribution in [0.3, 0.4) is 0 Å². The molecule has 16 heteroatoms. The number of rotatable bonds is 12. The Morgan fingerprint density at radius 2 is 1.49 bits per heavy atom. The van der Waals surface area contributed by atoms with Gasteiger partial charge in [-0.3, -0.25) is 14.4 Å². The predicted molar refractivity (Wildman–Crippen MR) is 183 cm³/mol. The highest BCUT2D eigenvalue weighted by Gasteiger charge is 2.62. The maximum Gasteiger partial charge on any atom is 0.338 e. The van der Waals surface area contributed by atoms with E-state index in [1.807, 2.05) is 30.3 Å². The first-order chi connectivity index (χ1) is 25.4. The average molecular weight is 759 g/mol. The average Bonchev–Trinajstić information content (AvgIpc) is 3.47. The van der Waals surface area contributed by atoms with Crippen LogP contribution in [0.5, 0.6) is 0 Å². The van der Waals surface area contributed by atoms with Gasteiger partial charge in [0.1, 0.15) is 30.4 Å². The zero-order valence-electron chi connectivity index (χ0n) is 29.6. The number of ether oxygens (including phenoxy) is 11. The van der Waals surface area contributed by atoms with Crippen molar-refractivity contribution >= 4 is 35.6 Å². The minimum absolute atomic E-state index is 0.0333. The van der Waals surface area contributed by atoms with E-state index in [-0.39, 0.29) is 25.4 Å². The Labute approximate surface area is 310 Å². The predicted octanol–water partition coefficient (Wildman–Crippen LogP) is 3.60. The van der Waals surface area contributed by atoms with Gasteiger partial charge in [0.05, 0.1) is 24.0 Å². The van der Waals surface area contributed by atoms with Crippen LogP contribution in [0.4, 0.5) is 0 Å². The number of benzene rings is 2. The smallest absolute Gasteiger partial charge is 0.338 e. The van der Waals surface area contributed by atoms with Crippen molar-refractivity contribution in [2.75, 3.05) is 19.8 Å². The molecule has 0 bridgehead atoms. The maximum atomic E-state index is 13.7. The van der Waals surface area contributed by atoms with E-state index < -0.39 is 95.8 Å². The molecule has 0 aromatic heterocycles. The van der Waals surface area contributed by atoms with Crippen molar-refractivity contribution in [3.8, 4) is 0 Å². The summed E-state index contributed by atoms with van der Waals surface area (Å²) in [6.07, 6.45) is -7.90. The lowest BCUT2D eigenvalue weighted by Crippen LogP contribution is -2.65. The largest absolute Gasteiger partial charge is 0.465 e. The van der Waals surface area contributed by atoms with Gasteiger partial charge in [-0.2, -0.15) is 0 Å². The molecule has 4 fully saturated rings. The molecule has 2 aromatic carbocycles. The van der Waals surface area contributed by atoms with Gasteiger partial charge < -0.3 is 52.1 Å². The summed E-state index contributed by atoms with van der Waals surface area (Å²) in [6, 6.07) is 17.7. The van der Waals surface area contributed by atoms with E-state index >= 15 is 0 Å². The molecule has 0 spiro atoms.